The molecule has 1 aliphatic rings. The number of benzene rings is 2. The average molecular weight is 402 g/mol. The molecule has 6 heteroatoms. The number of amides is 2. The topological polar surface area (TPSA) is 44.8 Å². The van der Waals surface area contributed by atoms with Crippen LogP contribution in [0.4, 0.5) is 10.5 Å². The lowest BCUT2D eigenvalue weighted by Gasteiger charge is -2.37. The number of piperazine rings is 1. The second-order valence-electron chi connectivity index (χ2n) is 7.34. The molecule has 1 aliphatic heterocycles. The lowest BCUT2D eigenvalue weighted by Crippen LogP contribution is -2.52. The zero-order valence-electron chi connectivity index (χ0n) is 16.7. The van der Waals surface area contributed by atoms with Crippen molar-refractivity contribution in [3.05, 3.63) is 59.1 Å². The first-order valence-electron chi connectivity index (χ1n) is 9.75. The highest BCUT2D eigenvalue weighted by Crippen LogP contribution is 2.26. The van der Waals surface area contributed by atoms with Gasteiger partial charge in [0.15, 0.2) is 0 Å². The van der Waals surface area contributed by atoms with E-state index in [1.54, 1.807) is 0 Å². The van der Waals surface area contributed by atoms with Crippen molar-refractivity contribution in [2.24, 2.45) is 0 Å². The van der Waals surface area contributed by atoms with Crippen molar-refractivity contribution in [1.29, 1.82) is 0 Å². The van der Waals surface area contributed by atoms with Crippen molar-refractivity contribution >= 4 is 23.3 Å². The van der Waals surface area contributed by atoms with Crippen molar-refractivity contribution in [3.63, 3.8) is 0 Å². The molecule has 0 radical (unpaired) electrons. The van der Waals surface area contributed by atoms with Gasteiger partial charge in [-0.05, 0) is 50.6 Å². The molecule has 5 nitrogen and oxygen atoms in total. The maximum atomic E-state index is 12.7. The largest absolute Gasteiger partial charge is 0.491 e. The van der Waals surface area contributed by atoms with Crippen molar-refractivity contribution < 1.29 is 9.53 Å². The van der Waals surface area contributed by atoms with Crippen LogP contribution in [0.25, 0.3) is 0 Å². The number of anilines is 1. The van der Waals surface area contributed by atoms with Crippen LogP contribution in [0.2, 0.25) is 5.02 Å². The van der Waals surface area contributed by atoms with Gasteiger partial charge in [-0.1, -0.05) is 35.9 Å². The Balaban J connectivity index is 1.55. The zero-order chi connectivity index (χ0) is 20.1. The molecule has 1 atom stereocenters. The summed E-state index contributed by atoms with van der Waals surface area (Å²) in [5.74, 6) is 0.821. The molecule has 150 valence electrons. The molecule has 0 saturated carbocycles. The number of ether oxygens (including phenoxy) is 1. The molecule has 0 bridgehead atoms. The summed E-state index contributed by atoms with van der Waals surface area (Å²) in [6.45, 7) is 8.86. The summed E-state index contributed by atoms with van der Waals surface area (Å²) in [6, 6.07) is 15.6. The molecule has 2 aromatic rings. The van der Waals surface area contributed by atoms with Gasteiger partial charge >= 0.3 is 6.03 Å². The van der Waals surface area contributed by atoms with Gasteiger partial charge in [0.05, 0.1) is 22.9 Å². The normalized spacial score (nSPS) is 15.5. The van der Waals surface area contributed by atoms with Gasteiger partial charge in [-0.2, -0.15) is 0 Å². The van der Waals surface area contributed by atoms with E-state index in [4.69, 9.17) is 16.3 Å². The molecule has 1 heterocycles. The molecule has 28 heavy (non-hydrogen) atoms. The van der Waals surface area contributed by atoms with E-state index in [0.29, 0.717) is 13.1 Å². The Morgan fingerprint density at radius 3 is 2.43 bits per heavy atom. The number of nitrogens with zero attached hydrogens (tertiary/aromatic N) is 2. The fourth-order valence-corrected chi connectivity index (χ4v) is 3.60. The minimum Gasteiger partial charge on any atom is -0.491 e. The van der Waals surface area contributed by atoms with Gasteiger partial charge in [0.2, 0.25) is 0 Å². The summed E-state index contributed by atoms with van der Waals surface area (Å²) >= 11 is 6.29. The van der Waals surface area contributed by atoms with Crippen molar-refractivity contribution in [1.82, 2.24) is 10.2 Å². The molecule has 1 N–H and O–H groups in total. The smallest absolute Gasteiger partial charge is 0.317 e. The first kappa shape index (κ1) is 20.3. The van der Waals surface area contributed by atoms with Gasteiger partial charge in [-0.25, -0.2) is 4.79 Å². The first-order chi connectivity index (χ1) is 13.4. The molecule has 3 rings (SSSR count). The summed E-state index contributed by atoms with van der Waals surface area (Å²) in [5.41, 5.74) is 2.06. The van der Waals surface area contributed by atoms with Gasteiger partial charge in [0.25, 0.3) is 0 Å². The number of hydrogen-bond donors (Lipinski definition) is 1. The van der Waals surface area contributed by atoms with Crippen LogP contribution in [0.5, 0.6) is 5.75 Å². The van der Waals surface area contributed by atoms with Crippen LogP contribution >= 0.6 is 11.6 Å². The molecule has 2 amide bonds. The van der Waals surface area contributed by atoms with Crippen LogP contribution in [0.1, 0.15) is 32.4 Å². The lowest BCUT2D eigenvalue weighted by molar-refractivity contribution is 0.191. The van der Waals surface area contributed by atoms with E-state index in [2.05, 4.69) is 10.2 Å². The third kappa shape index (κ3) is 5.10. The van der Waals surface area contributed by atoms with Crippen LogP contribution in [0, 0.1) is 0 Å². The van der Waals surface area contributed by atoms with Crippen LogP contribution in [0.3, 0.4) is 0 Å². The van der Waals surface area contributed by atoms with Gasteiger partial charge in [-0.15, -0.1) is 0 Å². The predicted molar refractivity (Wildman–Crippen MR) is 114 cm³/mol. The molecule has 0 aliphatic carbocycles. The maximum absolute atomic E-state index is 12.7. The quantitative estimate of drug-likeness (QED) is 0.788. The van der Waals surface area contributed by atoms with Crippen LogP contribution in [-0.4, -0.2) is 43.2 Å². The van der Waals surface area contributed by atoms with Crippen LogP contribution < -0.4 is 15.0 Å². The standard InChI is InChI=1S/C22H28ClN3O2/c1-16(2)28-19-8-6-7-18(15-19)17(3)24-22(27)26-13-11-25(12-14-26)21-10-5-4-9-20(21)23/h4-10,15-17H,11-14H2,1-3H3,(H,24,27). The molecular weight excluding hydrogens is 374 g/mol. The predicted octanol–water partition coefficient (Wildman–Crippen LogP) is 4.72. The lowest BCUT2D eigenvalue weighted by atomic mass is 10.1. The molecule has 0 spiro atoms. The number of carbonyl (C=O) groups excluding carboxylic acids is 1. The number of nitrogens with one attached hydrogen (secondary N) is 1. The van der Waals surface area contributed by atoms with Gasteiger partial charge in [0, 0.05) is 26.2 Å². The molecule has 2 aromatic carbocycles. The minimum atomic E-state index is -0.0928. The highest BCUT2D eigenvalue weighted by atomic mass is 35.5. The summed E-state index contributed by atoms with van der Waals surface area (Å²) in [4.78, 5) is 16.8. The summed E-state index contributed by atoms with van der Waals surface area (Å²) in [6.07, 6.45) is 0.120. The van der Waals surface area contributed by atoms with E-state index in [-0.39, 0.29) is 18.2 Å². The average Bonchev–Trinajstić information content (AvgIpc) is 2.68. The fraction of sp³-hybridized carbons (Fsp3) is 0.409. The van der Waals surface area contributed by atoms with Crippen LogP contribution in [-0.2, 0) is 0 Å². The van der Waals surface area contributed by atoms with E-state index in [0.717, 1.165) is 35.1 Å². The SMILES string of the molecule is CC(C)Oc1cccc(C(C)NC(=O)N2CCN(c3ccccc3Cl)CC2)c1. The summed E-state index contributed by atoms with van der Waals surface area (Å²) in [5, 5.41) is 3.85. The number of hydrogen-bond acceptors (Lipinski definition) is 3. The number of carbonyl (C=O) groups is 1. The van der Waals surface area contributed by atoms with Crippen molar-refractivity contribution in [2.45, 2.75) is 32.9 Å². The number of rotatable bonds is 5. The third-order valence-electron chi connectivity index (χ3n) is 4.83. The summed E-state index contributed by atoms with van der Waals surface area (Å²) in [7, 11) is 0. The van der Waals surface area contributed by atoms with Gasteiger partial charge < -0.3 is 19.9 Å². The monoisotopic (exact) mass is 401 g/mol. The van der Waals surface area contributed by atoms with Crippen molar-refractivity contribution in [3.8, 4) is 5.75 Å². The highest BCUT2D eigenvalue weighted by molar-refractivity contribution is 6.33. The Morgan fingerprint density at radius 1 is 1.04 bits per heavy atom. The Kier molecular flexibility index (Phi) is 6.68. The Hall–Kier alpha value is -2.40. The molecule has 1 saturated heterocycles. The molecule has 1 fully saturated rings. The molecular formula is C22H28ClN3O2. The summed E-state index contributed by atoms with van der Waals surface area (Å²) < 4.78 is 5.75. The van der Waals surface area contributed by atoms with E-state index in [9.17, 15) is 4.79 Å². The molecule has 0 aromatic heterocycles. The second-order valence-corrected chi connectivity index (χ2v) is 7.74. The van der Waals surface area contributed by atoms with Crippen molar-refractivity contribution in [2.75, 3.05) is 31.1 Å². The molecule has 1 unspecified atom stereocenters. The fourth-order valence-electron chi connectivity index (χ4n) is 3.35. The Morgan fingerprint density at radius 2 is 1.75 bits per heavy atom. The number of para-hydroxylation sites is 1. The van der Waals surface area contributed by atoms with E-state index in [1.807, 2.05) is 74.2 Å². The van der Waals surface area contributed by atoms with Gasteiger partial charge in [0.1, 0.15) is 5.75 Å². The van der Waals surface area contributed by atoms with Gasteiger partial charge in [-0.3, -0.25) is 0 Å². The third-order valence-corrected chi connectivity index (χ3v) is 5.15. The van der Waals surface area contributed by atoms with Crippen LogP contribution in [0.15, 0.2) is 48.5 Å². The van der Waals surface area contributed by atoms with E-state index >= 15 is 0 Å². The maximum Gasteiger partial charge on any atom is 0.317 e. The zero-order valence-corrected chi connectivity index (χ0v) is 17.4. The highest BCUT2D eigenvalue weighted by Gasteiger charge is 2.23. The Bertz CT molecular complexity index is 804. The first-order valence-corrected chi connectivity index (χ1v) is 10.1. The minimum absolute atomic E-state index is 0.0403. The Labute approximate surface area is 172 Å². The number of urea groups is 1. The van der Waals surface area contributed by atoms with E-state index in [1.165, 1.54) is 0 Å². The van der Waals surface area contributed by atoms with E-state index < -0.39 is 0 Å². The number of halogens is 1. The second kappa shape index (κ2) is 9.20.